The molecule has 0 aliphatic carbocycles. The summed E-state index contributed by atoms with van der Waals surface area (Å²) in [6.45, 7) is 0. The van der Waals surface area contributed by atoms with Crippen molar-refractivity contribution in [1.29, 1.82) is 0 Å². The number of carboxylic acid groups (broad SMARTS) is 1. The number of carbonyl (C=O) groups is 1. The fourth-order valence-corrected chi connectivity index (χ4v) is 3.72. The number of rotatable bonds is 2. The van der Waals surface area contributed by atoms with Crippen molar-refractivity contribution in [2.24, 2.45) is 0 Å². The van der Waals surface area contributed by atoms with Crippen molar-refractivity contribution >= 4 is 27.8 Å². The van der Waals surface area contributed by atoms with E-state index < -0.39 is 16.8 Å². The van der Waals surface area contributed by atoms with Gasteiger partial charge in [0.1, 0.15) is 11.0 Å². The van der Waals surface area contributed by atoms with Crippen LogP contribution in [-0.2, 0) is 10.8 Å². The summed E-state index contributed by atoms with van der Waals surface area (Å²) < 4.78 is 13.1. The van der Waals surface area contributed by atoms with Crippen LogP contribution in [0.3, 0.4) is 0 Å². The van der Waals surface area contributed by atoms with Crippen LogP contribution in [0, 0.1) is 0 Å². The predicted molar refractivity (Wildman–Crippen MR) is 70.6 cm³/mol. The van der Waals surface area contributed by atoms with Gasteiger partial charge in [0.25, 0.3) is 0 Å². The Bertz CT molecular complexity index is 657. The van der Waals surface area contributed by atoms with Gasteiger partial charge in [-0.1, -0.05) is 11.3 Å². The number of hydrogen-bond donors (Lipinski definition) is 1. The molecule has 0 radical (unpaired) electrons. The summed E-state index contributed by atoms with van der Waals surface area (Å²) in [4.78, 5) is 11.3. The highest BCUT2D eigenvalue weighted by Gasteiger charge is 2.24. The lowest BCUT2D eigenvalue weighted by atomic mass is 10.1. The highest BCUT2D eigenvalue weighted by atomic mass is 32.2. The second-order valence-corrected chi connectivity index (χ2v) is 6.29. The maximum Gasteiger partial charge on any atom is 0.337 e. The molecule has 0 saturated carbocycles. The van der Waals surface area contributed by atoms with Crippen molar-refractivity contribution in [2.75, 3.05) is 11.5 Å². The van der Waals surface area contributed by atoms with E-state index in [2.05, 4.69) is 10.3 Å². The van der Waals surface area contributed by atoms with Crippen molar-refractivity contribution in [1.82, 2.24) is 15.0 Å². The second-order valence-electron chi connectivity index (χ2n) is 4.59. The summed E-state index contributed by atoms with van der Waals surface area (Å²) >= 11 is 0. The first kappa shape index (κ1) is 12.3. The van der Waals surface area contributed by atoms with E-state index >= 15 is 0 Å². The largest absolute Gasteiger partial charge is 0.478 e. The van der Waals surface area contributed by atoms with Gasteiger partial charge in [0.15, 0.2) is 0 Å². The maximum absolute atomic E-state index is 11.4. The molecule has 1 fully saturated rings. The van der Waals surface area contributed by atoms with E-state index in [4.69, 9.17) is 0 Å². The van der Waals surface area contributed by atoms with E-state index in [1.165, 1.54) is 0 Å². The predicted octanol–water partition coefficient (Wildman–Crippen LogP) is 1.21. The molecule has 0 atom stereocenters. The third kappa shape index (κ3) is 2.14. The average Bonchev–Trinajstić information content (AvgIpc) is 2.83. The first-order valence-electron chi connectivity index (χ1n) is 6.09. The highest BCUT2D eigenvalue weighted by molar-refractivity contribution is 7.85. The minimum atomic E-state index is -0.978. The molecule has 1 aliphatic rings. The van der Waals surface area contributed by atoms with E-state index in [1.807, 2.05) is 0 Å². The second kappa shape index (κ2) is 4.73. The van der Waals surface area contributed by atoms with Gasteiger partial charge in [0.05, 0.1) is 11.6 Å². The minimum absolute atomic E-state index is 0.0863. The normalized spacial score (nSPS) is 23.6. The third-order valence-electron chi connectivity index (χ3n) is 3.43. The minimum Gasteiger partial charge on any atom is -0.478 e. The van der Waals surface area contributed by atoms with Gasteiger partial charge in [0.2, 0.25) is 0 Å². The molecule has 1 N–H and O–H groups in total. The molecule has 100 valence electrons. The Morgan fingerprint density at radius 2 is 2.11 bits per heavy atom. The molecule has 2 aromatic rings. The summed E-state index contributed by atoms with van der Waals surface area (Å²) in [5.41, 5.74) is 1.37. The van der Waals surface area contributed by atoms with Crippen molar-refractivity contribution < 1.29 is 14.1 Å². The Morgan fingerprint density at radius 1 is 1.37 bits per heavy atom. The number of nitrogens with zero attached hydrogens (tertiary/aromatic N) is 3. The topological polar surface area (TPSA) is 85.1 Å². The third-order valence-corrected chi connectivity index (χ3v) is 4.81. The van der Waals surface area contributed by atoms with Crippen LogP contribution >= 0.6 is 0 Å². The Balaban J connectivity index is 2.09. The molecule has 7 heteroatoms. The molecule has 0 unspecified atom stereocenters. The Labute approximate surface area is 111 Å². The van der Waals surface area contributed by atoms with Crippen LogP contribution in [-0.4, -0.2) is 41.8 Å². The number of carboxylic acids is 1. The molecule has 1 aliphatic heterocycles. The highest BCUT2D eigenvalue weighted by Crippen LogP contribution is 2.27. The van der Waals surface area contributed by atoms with Crippen LogP contribution in [0.25, 0.3) is 11.0 Å². The Kier molecular flexibility index (Phi) is 3.06. The summed E-state index contributed by atoms with van der Waals surface area (Å²) in [6.07, 6.45) is 1.50. The molecule has 0 bridgehead atoms. The van der Waals surface area contributed by atoms with Crippen molar-refractivity contribution in [2.45, 2.75) is 18.9 Å². The number of hydrogen-bond acceptors (Lipinski definition) is 4. The van der Waals surface area contributed by atoms with Crippen LogP contribution < -0.4 is 0 Å². The van der Waals surface area contributed by atoms with E-state index in [9.17, 15) is 14.1 Å². The lowest BCUT2D eigenvalue weighted by molar-refractivity contribution is 0.0698. The summed E-state index contributed by atoms with van der Waals surface area (Å²) in [7, 11) is -0.748. The van der Waals surface area contributed by atoms with Crippen LogP contribution in [0.2, 0.25) is 0 Å². The lowest BCUT2D eigenvalue weighted by Crippen LogP contribution is -2.23. The maximum atomic E-state index is 11.4. The molecule has 1 saturated heterocycles. The van der Waals surface area contributed by atoms with Crippen LogP contribution in [0.4, 0.5) is 0 Å². The lowest BCUT2D eigenvalue weighted by Gasteiger charge is -2.22. The van der Waals surface area contributed by atoms with Gasteiger partial charge in [-0.15, -0.1) is 5.10 Å². The van der Waals surface area contributed by atoms with E-state index in [0.29, 0.717) is 22.5 Å². The van der Waals surface area contributed by atoms with Crippen LogP contribution in [0.15, 0.2) is 18.2 Å². The standard InChI is InChI=1S/C12H13N3O3S/c16-12(17)9-2-1-3-10-11(9)15(14-13-10)8-4-6-19(18)7-5-8/h1-3,8H,4-7H2,(H,16,17). The number of fused-ring (bicyclic) bond motifs is 1. The quantitative estimate of drug-likeness (QED) is 0.893. The molecule has 1 aromatic carbocycles. The number of aromatic carboxylic acids is 1. The van der Waals surface area contributed by atoms with Gasteiger partial charge in [-0.05, 0) is 25.0 Å². The van der Waals surface area contributed by atoms with Gasteiger partial charge in [-0.2, -0.15) is 0 Å². The average molecular weight is 279 g/mol. The summed E-state index contributed by atoms with van der Waals surface area (Å²) in [5, 5.41) is 17.4. The number of benzene rings is 1. The van der Waals surface area contributed by atoms with Crippen LogP contribution in [0.5, 0.6) is 0 Å². The van der Waals surface area contributed by atoms with Crippen molar-refractivity contribution in [3.63, 3.8) is 0 Å². The molecular weight excluding hydrogens is 266 g/mol. The first-order valence-corrected chi connectivity index (χ1v) is 7.58. The summed E-state index contributed by atoms with van der Waals surface area (Å²) in [5.74, 6) is 0.302. The van der Waals surface area contributed by atoms with E-state index in [-0.39, 0.29) is 11.6 Å². The molecule has 3 rings (SSSR count). The van der Waals surface area contributed by atoms with E-state index in [1.54, 1.807) is 22.9 Å². The molecule has 0 amide bonds. The van der Waals surface area contributed by atoms with E-state index in [0.717, 1.165) is 12.8 Å². The van der Waals surface area contributed by atoms with Gasteiger partial charge in [-0.25, -0.2) is 9.48 Å². The zero-order valence-corrected chi connectivity index (χ0v) is 11.0. The SMILES string of the molecule is O=C(O)c1cccc2nnn(C3CCS(=O)CC3)c12. The van der Waals surface area contributed by atoms with Crippen molar-refractivity contribution in [3.05, 3.63) is 23.8 Å². The molecule has 0 spiro atoms. The number of para-hydroxylation sites is 1. The van der Waals surface area contributed by atoms with Crippen molar-refractivity contribution in [3.8, 4) is 0 Å². The fourth-order valence-electron chi connectivity index (χ4n) is 2.45. The van der Waals surface area contributed by atoms with Gasteiger partial charge < -0.3 is 5.11 Å². The molecular formula is C12H13N3O3S. The zero-order chi connectivity index (χ0) is 13.4. The summed E-state index contributed by atoms with van der Waals surface area (Å²) in [6, 6.07) is 5.07. The number of aromatic nitrogens is 3. The smallest absolute Gasteiger partial charge is 0.337 e. The Morgan fingerprint density at radius 3 is 2.79 bits per heavy atom. The first-order chi connectivity index (χ1) is 9.16. The van der Waals surface area contributed by atoms with Gasteiger partial charge in [0, 0.05) is 22.3 Å². The zero-order valence-electron chi connectivity index (χ0n) is 10.2. The molecule has 6 nitrogen and oxygen atoms in total. The fraction of sp³-hybridized carbons (Fsp3) is 0.417. The monoisotopic (exact) mass is 279 g/mol. The molecule has 2 heterocycles. The molecule has 1 aromatic heterocycles. The van der Waals surface area contributed by atoms with Gasteiger partial charge >= 0.3 is 5.97 Å². The van der Waals surface area contributed by atoms with Crippen LogP contribution in [0.1, 0.15) is 29.2 Å². The molecule has 19 heavy (non-hydrogen) atoms. The Hall–Kier alpha value is -1.76. The van der Waals surface area contributed by atoms with Gasteiger partial charge in [-0.3, -0.25) is 4.21 Å².